The van der Waals surface area contributed by atoms with E-state index in [0.717, 1.165) is 38.5 Å². The number of aryl methyl sites for hydroxylation is 1. The molecule has 0 bridgehead atoms. The predicted molar refractivity (Wildman–Crippen MR) is 103 cm³/mol. The van der Waals surface area contributed by atoms with Crippen LogP contribution in [0, 0.1) is 0 Å². The van der Waals surface area contributed by atoms with Crippen molar-refractivity contribution in [3.05, 3.63) is 53.9 Å². The molecule has 3 N–H and O–H groups in total. The Morgan fingerprint density at radius 3 is 2.85 bits per heavy atom. The number of nitrogens with two attached hydrogens (primary N) is 1. The van der Waals surface area contributed by atoms with Gasteiger partial charge in [-0.15, -0.1) is 0 Å². The molecule has 0 saturated heterocycles. The van der Waals surface area contributed by atoms with E-state index >= 15 is 0 Å². The highest BCUT2D eigenvalue weighted by atomic mass is 16.6. The number of nitrogens with one attached hydrogen (secondary N) is 1. The van der Waals surface area contributed by atoms with Crippen molar-refractivity contribution in [2.75, 3.05) is 13.1 Å². The first-order chi connectivity index (χ1) is 12.8. The van der Waals surface area contributed by atoms with Gasteiger partial charge >= 0.3 is 6.09 Å². The molecular formula is C21H27N3O2. The van der Waals surface area contributed by atoms with Gasteiger partial charge in [0.15, 0.2) is 0 Å². The van der Waals surface area contributed by atoms with Crippen LogP contribution in [-0.2, 0) is 17.6 Å². The molecule has 0 radical (unpaired) electrons. The van der Waals surface area contributed by atoms with Crippen LogP contribution in [0.3, 0.4) is 0 Å². The summed E-state index contributed by atoms with van der Waals surface area (Å²) in [6.45, 7) is 1.13. The molecule has 0 aliphatic heterocycles. The zero-order chi connectivity index (χ0) is 18.2. The van der Waals surface area contributed by atoms with Crippen molar-refractivity contribution >= 4 is 6.09 Å². The van der Waals surface area contributed by atoms with Crippen LogP contribution in [0.4, 0.5) is 4.79 Å². The van der Waals surface area contributed by atoms with Crippen molar-refractivity contribution in [2.45, 2.75) is 44.6 Å². The number of nitrogens with zero attached hydrogens (tertiary/aromatic N) is 1. The summed E-state index contributed by atoms with van der Waals surface area (Å²) >= 11 is 0. The Bertz CT molecular complexity index is 718. The number of hydrogen-bond acceptors (Lipinski definition) is 4. The van der Waals surface area contributed by atoms with Gasteiger partial charge in [0, 0.05) is 24.5 Å². The smallest absolute Gasteiger partial charge is 0.407 e. The fourth-order valence-electron chi connectivity index (χ4n) is 3.48. The van der Waals surface area contributed by atoms with Crippen molar-refractivity contribution in [3.8, 4) is 11.1 Å². The Hall–Kier alpha value is -2.40. The molecule has 1 aliphatic rings. The standard InChI is InChI=1S/C21H27N3O2/c22-12-5-13-24-21(25)26-18-9-4-8-17-14-23-15-20(19(17)11-10-18)16-6-2-1-3-7-16/h1-3,6-7,14-15,18H,4-5,8-13,22H2,(H,24,25). The predicted octanol–water partition coefficient (Wildman–Crippen LogP) is 3.46. The molecule has 26 heavy (non-hydrogen) atoms. The monoisotopic (exact) mass is 353 g/mol. The number of alkyl carbamates (subject to hydrolysis) is 1. The van der Waals surface area contributed by atoms with Gasteiger partial charge in [0.25, 0.3) is 0 Å². The number of rotatable bonds is 5. The second kappa shape index (κ2) is 9.34. The van der Waals surface area contributed by atoms with Gasteiger partial charge in [-0.2, -0.15) is 0 Å². The Labute approximate surface area is 155 Å². The largest absolute Gasteiger partial charge is 0.446 e. The summed E-state index contributed by atoms with van der Waals surface area (Å²) in [7, 11) is 0. The third-order valence-corrected chi connectivity index (χ3v) is 4.84. The average Bonchev–Trinajstić information content (AvgIpc) is 2.65. The van der Waals surface area contributed by atoms with Gasteiger partial charge in [-0.3, -0.25) is 4.98 Å². The Balaban J connectivity index is 1.69. The summed E-state index contributed by atoms with van der Waals surface area (Å²) in [5.41, 5.74) is 10.5. The van der Waals surface area contributed by atoms with E-state index < -0.39 is 0 Å². The normalized spacial score (nSPS) is 16.9. The third-order valence-electron chi connectivity index (χ3n) is 4.84. The highest BCUT2D eigenvalue weighted by Gasteiger charge is 2.20. The molecule has 1 atom stereocenters. The molecule has 5 nitrogen and oxygen atoms in total. The van der Waals surface area contributed by atoms with Crippen LogP contribution in [0.25, 0.3) is 11.1 Å². The van der Waals surface area contributed by atoms with E-state index in [4.69, 9.17) is 10.5 Å². The maximum Gasteiger partial charge on any atom is 0.407 e. The zero-order valence-electron chi connectivity index (χ0n) is 15.1. The Morgan fingerprint density at radius 1 is 1.19 bits per heavy atom. The SMILES string of the molecule is NCCCNC(=O)OC1CCCc2cncc(-c3ccccc3)c2CC1. The van der Waals surface area contributed by atoms with Gasteiger partial charge in [0.05, 0.1) is 0 Å². The van der Waals surface area contributed by atoms with E-state index in [1.807, 2.05) is 18.5 Å². The van der Waals surface area contributed by atoms with E-state index in [-0.39, 0.29) is 12.2 Å². The molecule has 1 aromatic carbocycles. The van der Waals surface area contributed by atoms with Gasteiger partial charge in [0.1, 0.15) is 6.10 Å². The summed E-state index contributed by atoms with van der Waals surface area (Å²) < 4.78 is 5.63. The number of benzene rings is 1. The number of aromatic nitrogens is 1. The molecular weight excluding hydrogens is 326 g/mol. The van der Waals surface area contributed by atoms with Crippen LogP contribution >= 0.6 is 0 Å². The first-order valence-corrected chi connectivity index (χ1v) is 9.43. The summed E-state index contributed by atoms with van der Waals surface area (Å²) in [6, 6.07) is 10.4. The van der Waals surface area contributed by atoms with E-state index in [0.29, 0.717) is 13.1 Å². The van der Waals surface area contributed by atoms with Crippen molar-refractivity contribution in [1.82, 2.24) is 10.3 Å². The van der Waals surface area contributed by atoms with Crippen LogP contribution in [0.2, 0.25) is 0 Å². The number of pyridine rings is 1. The van der Waals surface area contributed by atoms with Crippen LogP contribution in [0.1, 0.15) is 36.8 Å². The van der Waals surface area contributed by atoms with Crippen LogP contribution in [0.5, 0.6) is 0 Å². The Kier molecular flexibility index (Phi) is 6.61. The quantitative estimate of drug-likeness (QED) is 0.807. The van der Waals surface area contributed by atoms with Gasteiger partial charge in [-0.05, 0) is 61.8 Å². The minimum Gasteiger partial charge on any atom is -0.446 e. The molecule has 3 rings (SSSR count). The van der Waals surface area contributed by atoms with Crippen LogP contribution in [0.15, 0.2) is 42.7 Å². The lowest BCUT2D eigenvalue weighted by molar-refractivity contribution is 0.0856. The van der Waals surface area contributed by atoms with Crippen molar-refractivity contribution in [2.24, 2.45) is 5.73 Å². The summed E-state index contributed by atoms with van der Waals surface area (Å²) in [5, 5.41) is 2.77. The fraction of sp³-hybridized carbons (Fsp3) is 0.429. The van der Waals surface area contributed by atoms with Crippen molar-refractivity contribution in [1.29, 1.82) is 0 Å². The molecule has 5 heteroatoms. The summed E-state index contributed by atoms with van der Waals surface area (Å²) in [4.78, 5) is 16.4. The first kappa shape index (κ1) is 18.4. The molecule has 0 saturated carbocycles. The molecule has 1 aromatic heterocycles. The minimum absolute atomic E-state index is 0.0437. The number of hydrogen-bond donors (Lipinski definition) is 2. The molecule has 1 heterocycles. The van der Waals surface area contributed by atoms with Gasteiger partial charge in [0.2, 0.25) is 0 Å². The number of carbonyl (C=O) groups excluding carboxylic acids is 1. The lowest BCUT2D eigenvalue weighted by Gasteiger charge is -2.23. The lowest BCUT2D eigenvalue weighted by Crippen LogP contribution is -2.31. The molecule has 1 amide bonds. The molecule has 2 aromatic rings. The van der Waals surface area contributed by atoms with E-state index in [9.17, 15) is 4.79 Å². The highest BCUT2D eigenvalue weighted by Crippen LogP contribution is 2.30. The average molecular weight is 353 g/mol. The number of fused-ring (bicyclic) bond motifs is 1. The maximum absolute atomic E-state index is 11.9. The van der Waals surface area contributed by atoms with Gasteiger partial charge in [-0.25, -0.2) is 4.79 Å². The van der Waals surface area contributed by atoms with E-state index in [1.165, 1.54) is 22.3 Å². The molecule has 1 unspecified atom stereocenters. The van der Waals surface area contributed by atoms with Crippen molar-refractivity contribution < 1.29 is 9.53 Å². The second-order valence-corrected chi connectivity index (χ2v) is 6.72. The first-order valence-electron chi connectivity index (χ1n) is 9.43. The zero-order valence-corrected chi connectivity index (χ0v) is 15.1. The second-order valence-electron chi connectivity index (χ2n) is 6.72. The minimum atomic E-state index is -0.331. The summed E-state index contributed by atoms with van der Waals surface area (Å²) in [6.07, 6.45) is 8.91. The van der Waals surface area contributed by atoms with E-state index in [1.54, 1.807) is 0 Å². The van der Waals surface area contributed by atoms with Gasteiger partial charge in [-0.1, -0.05) is 30.3 Å². The summed E-state index contributed by atoms with van der Waals surface area (Å²) in [5.74, 6) is 0. The number of ether oxygens (including phenoxy) is 1. The van der Waals surface area contributed by atoms with Gasteiger partial charge < -0.3 is 15.8 Å². The number of amides is 1. The van der Waals surface area contributed by atoms with Crippen LogP contribution in [-0.4, -0.2) is 30.3 Å². The molecule has 0 fully saturated rings. The topological polar surface area (TPSA) is 77.2 Å². The lowest BCUT2D eigenvalue weighted by atomic mass is 9.88. The fourth-order valence-corrected chi connectivity index (χ4v) is 3.48. The number of carbonyl (C=O) groups is 1. The maximum atomic E-state index is 11.9. The molecule has 138 valence electrons. The van der Waals surface area contributed by atoms with Crippen LogP contribution < -0.4 is 11.1 Å². The van der Waals surface area contributed by atoms with E-state index in [2.05, 4.69) is 34.6 Å². The highest BCUT2D eigenvalue weighted by molar-refractivity contribution is 5.68. The Morgan fingerprint density at radius 2 is 2.04 bits per heavy atom. The molecule has 0 spiro atoms. The molecule has 1 aliphatic carbocycles. The third kappa shape index (κ3) is 4.82. The van der Waals surface area contributed by atoms with Crippen molar-refractivity contribution in [3.63, 3.8) is 0 Å².